The second-order valence-electron chi connectivity index (χ2n) is 4.78. The fourth-order valence-corrected chi connectivity index (χ4v) is 2.84. The van der Waals surface area contributed by atoms with E-state index >= 15 is 0 Å². The van der Waals surface area contributed by atoms with Crippen LogP contribution in [0.15, 0.2) is 11.5 Å². The molecule has 1 fully saturated rings. The van der Waals surface area contributed by atoms with Gasteiger partial charge in [-0.15, -0.1) is 10.2 Å². The first kappa shape index (κ1) is 13.2. The van der Waals surface area contributed by atoms with Crippen LogP contribution in [0.25, 0.3) is 0 Å². The zero-order chi connectivity index (χ0) is 13.1. The first-order valence-electron chi connectivity index (χ1n) is 6.07. The topological polar surface area (TPSA) is 68.1 Å². The maximum absolute atomic E-state index is 12.1. The van der Waals surface area contributed by atoms with E-state index in [1.165, 1.54) is 19.0 Å². The van der Waals surface area contributed by atoms with Gasteiger partial charge in [-0.25, -0.2) is 0 Å². The maximum Gasteiger partial charge on any atom is 0.242 e. The Morgan fingerprint density at radius 3 is 3.06 bits per heavy atom. The normalized spacial score (nSPS) is 21.9. The summed E-state index contributed by atoms with van der Waals surface area (Å²) in [7, 11) is -1.22. The van der Waals surface area contributed by atoms with Crippen LogP contribution in [-0.4, -0.2) is 49.1 Å². The van der Waals surface area contributed by atoms with Crippen molar-refractivity contribution in [1.82, 2.24) is 19.7 Å². The van der Waals surface area contributed by atoms with Crippen LogP contribution in [0, 0.1) is 5.92 Å². The molecule has 0 N–H and O–H groups in total. The molecule has 6 nitrogen and oxygen atoms in total. The zero-order valence-corrected chi connectivity index (χ0v) is 11.5. The van der Waals surface area contributed by atoms with Crippen molar-refractivity contribution in [3.05, 3.63) is 6.33 Å². The third-order valence-corrected chi connectivity index (χ3v) is 3.98. The lowest BCUT2D eigenvalue weighted by atomic mass is 10.0. The van der Waals surface area contributed by atoms with E-state index < -0.39 is 10.8 Å². The van der Waals surface area contributed by atoms with Crippen molar-refractivity contribution in [3.63, 3.8) is 0 Å². The first-order valence-corrected chi connectivity index (χ1v) is 7.62. The Hall–Kier alpha value is -1.24. The van der Waals surface area contributed by atoms with Gasteiger partial charge in [-0.05, 0) is 18.8 Å². The summed E-state index contributed by atoms with van der Waals surface area (Å²) in [6, 6.07) is 0. The Balaban J connectivity index is 2.02. The summed E-state index contributed by atoms with van der Waals surface area (Å²) in [5, 5.41) is 7.83. The molecular formula is C11H18N4O2S. The molecule has 1 saturated heterocycles. The molecule has 18 heavy (non-hydrogen) atoms. The van der Waals surface area contributed by atoms with E-state index in [0.717, 1.165) is 19.5 Å². The second kappa shape index (κ2) is 5.60. The molecule has 0 spiro atoms. The number of nitrogens with zero attached hydrogens (tertiary/aromatic N) is 4. The highest BCUT2D eigenvalue weighted by molar-refractivity contribution is 7.84. The van der Waals surface area contributed by atoms with E-state index in [4.69, 9.17) is 0 Å². The highest BCUT2D eigenvalue weighted by Crippen LogP contribution is 2.16. The number of hydrogen-bond acceptors (Lipinski definition) is 4. The summed E-state index contributed by atoms with van der Waals surface area (Å²) in [6.07, 6.45) is 5.23. The Bertz CT molecular complexity index is 460. The van der Waals surface area contributed by atoms with E-state index in [-0.39, 0.29) is 12.5 Å². The van der Waals surface area contributed by atoms with E-state index in [0.29, 0.717) is 11.1 Å². The molecule has 1 aliphatic heterocycles. The fraction of sp³-hybridized carbons (Fsp3) is 0.727. The van der Waals surface area contributed by atoms with Crippen molar-refractivity contribution < 1.29 is 9.00 Å². The number of rotatable bonds is 3. The molecular weight excluding hydrogens is 252 g/mol. The van der Waals surface area contributed by atoms with Gasteiger partial charge in [-0.2, -0.15) is 0 Å². The van der Waals surface area contributed by atoms with Crippen LogP contribution in [0.1, 0.15) is 19.8 Å². The number of piperidine rings is 1. The van der Waals surface area contributed by atoms with Gasteiger partial charge < -0.3 is 4.90 Å². The predicted octanol–water partition coefficient (Wildman–Crippen LogP) is 0.274. The lowest BCUT2D eigenvalue weighted by Crippen LogP contribution is -2.40. The molecule has 0 unspecified atom stereocenters. The van der Waals surface area contributed by atoms with Gasteiger partial charge in [0.05, 0.1) is 10.8 Å². The van der Waals surface area contributed by atoms with E-state index in [1.54, 1.807) is 4.57 Å². The average molecular weight is 270 g/mol. The molecule has 100 valence electrons. The number of amides is 1. The molecule has 2 atom stereocenters. The quantitative estimate of drug-likeness (QED) is 0.791. The Morgan fingerprint density at radius 2 is 2.39 bits per heavy atom. The molecule has 0 saturated carbocycles. The van der Waals surface area contributed by atoms with Gasteiger partial charge in [0.1, 0.15) is 12.9 Å². The molecule has 2 rings (SSSR count). The standard InChI is InChI=1S/C11H18N4O2S/c1-9-4-3-5-14(6-9)10(16)7-15-8-12-13-11(15)18(2)17/h8-9H,3-7H2,1-2H3/t9-,18+/m1/s1. The van der Waals surface area contributed by atoms with Gasteiger partial charge in [0, 0.05) is 19.3 Å². The minimum absolute atomic E-state index is 0.0491. The minimum atomic E-state index is -1.22. The molecule has 2 heterocycles. The monoisotopic (exact) mass is 270 g/mol. The number of likely N-dealkylation sites (tertiary alicyclic amines) is 1. The molecule has 1 aliphatic rings. The number of carbonyl (C=O) groups is 1. The second-order valence-corrected chi connectivity index (χ2v) is 6.06. The minimum Gasteiger partial charge on any atom is -0.341 e. The molecule has 1 aromatic rings. The highest BCUT2D eigenvalue weighted by Gasteiger charge is 2.22. The summed E-state index contributed by atoms with van der Waals surface area (Å²) in [5.74, 6) is 0.608. The highest BCUT2D eigenvalue weighted by atomic mass is 32.2. The summed E-state index contributed by atoms with van der Waals surface area (Å²) < 4.78 is 13.0. The molecule has 0 aliphatic carbocycles. The van der Waals surface area contributed by atoms with Crippen molar-refractivity contribution in [2.24, 2.45) is 5.92 Å². The zero-order valence-electron chi connectivity index (χ0n) is 10.7. The Kier molecular flexibility index (Phi) is 4.11. The van der Waals surface area contributed by atoms with Gasteiger partial charge in [0.2, 0.25) is 11.1 Å². The summed E-state index contributed by atoms with van der Waals surface area (Å²) >= 11 is 0. The maximum atomic E-state index is 12.1. The number of aromatic nitrogens is 3. The van der Waals surface area contributed by atoms with Gasteiger partial charge in [0.25, 0.3) is 0 Å². The van der Waals surface area contributed by atoms with Crippen molar-refractivity contribution in [2.75, 3.05) is 19.3 Å². The molecule has 1 aromatic heterocycles. The first-order chi connectivity index (χ1) is 8.58. The van der Waals surface area contributed by atoms with Crippen molar-refractivity contribution in [2.45, 2.75) is 31.5 Å². The SMILES string of the molecule is C[C@@H]1CCCN(C(=O)Cn2cnnc2[S@](C)=O)C1. The lowest BCUT2D eigenvalue weighted by molar-refractivity contribution is -0.133. The molecule has 0 radical (unpaired) electrons. The van der Waals surface area contributed by atoms with Crippen molar-refractivity contribution in [3.8, 4) is 0 Å². The summed E-state index contributed by atoms with van der Waals surface area (Å²) in [5.41, 5.74) is 0. The number of hydrogen-bond donors (Lipinski definition) is 0. The van der Waals surface area contributed by atoms with Crippen molar-refractivity contribution in [1.29, 1.82) is 0 Å². The average Bonchev–Trinajstić information content (AvgIpc) is 2.77. The van der Waals surface area contributed by atoms with Crippen LogP contribution in [0.2, 0.25) is 0 Å². The van der Waals surface area contributed by atoms with Crippen LogP contribution in [-0.2, 0) is 22.1 Å². The third-order valence-electron chi connectivity index (χ3n) is 3.15. The summed E-state index contributed by atoms with van der Waals surface area (Å²) in [4.78, 5) is 14.0. The molecule has 7 heteroatoms. The van der Waals surface area contributed by atoms with Gasteiger partial charge in [-0.3, -0.25) is 13.6 Å². The predicted molar refractivity (Wildman–Crippen MR) is 67.3 cm³/mol. The number of carbonyl (C=O) groups excluding carboxylic acids is 1. The van der Waals surface area contributed by atoms with E-state index in [9.17, 15) is 9.00 Å². The third kappa shape index (κ3) is 2.95. The van der Waals surface area contributed by atoms with Crippen LogP contribution in [0.5, 0.6) is 0 Å². The van der Waals surface area contributed by atoms with E-state index in [1.807, 2.05) is 4.90 Å². The van der Waals surface area contributed by atoms with Crippen LogP contribution in [0.4, 0.5) is 0 Å². The van der Waals surface area contributed by atoms with Gasteiger partial charge >= 0.3 is 0 Å². The molecule has 1 amide bonds. The summed E-state index contributed by atoms with van der Waals surface area (Å²) in [6.45, 7) is 3.96. The fourth-order valence-electron chi connectivity index (χ4n) is 2.24. The smallest absolute Gasteiger partial charge is 0.242 e. The Labute approximate surface area is 109 Å². The van der Waals surface area contributed by atoms with E-state index in [2.05, 4.69) is 17.1 Å². The lowest BCUT2D eigenvalue weighted by Gasteiger charge is -2.31. The van der Waals surface area contributed by atoms with Crippen LogP contribution in [0.3, 0.4) is 0 Å². The van der Waals surface area contributed by atoms with Crippen LogP contribution >= 0.6 is 0 Å². The van der Waals surface area contributed by atoms with Crippen molar-refractivity contribution >= 4 is 16.7 Å². The molecule has 0 bridgehead atoms. The largest absolute Gasteiger partial charge is 0.341 e. The van der Waals surface area contributed by atoms with Crippen LogP contribution < -0.4 is 0 Å². The van der Waals surface area contributed by atoms with Gasteiger partial charge in [-0.1, -0.05) is 6.92 Å². The van der Waals surface area contributed by atoms with Gasteiger partial charge in [0.15, 0.2) is 0 Å². The molecule has 0 aromatic carbocycles. The Morgan fingerprint density at radius 1 is 1.61 bits per heavy atom.